The zero-order valence-electron chi connectivity index (χ0n) is 14.4. The maximum absolute atomic E-state index is 13.9. The molecule has 0 unspecified atom stereocenters. The number of para-hydroxylation sites is 1. The van der Waals surface area contributed by atoms with Gasteiger partial charge in [-0.25, -0.2) is 4.39 Å². The molecule has 1 aromatic carbocycles. The third-order valence-corrected chi connectivity index (χ3v) is 3.96. The summed E-state index contributed by atoms with van der Waals surface area (Å²) in [6, 6.07) is 6.83. The molecule has 1 saturated heterocycles. The van der Waals surface area contributed by atoms with Crippen LogP contribution in [0.2, 0.25) is 0 Å². The minimum absolute atomic E-state index is 0.0389. The van der Waals surface area contributed by atoms with Gasteiger partial charge in [-0.15, -0.1) is 0 Å². The third kappa shape index (κ3) is 4.84. The van der Waals surface area contributed by atoms with E-state index in [0.29, 0.717) is 31.3 Å². The molecular formula is C17H26FN5O. The van der Waals surface area contributed by atoms with Gasteiger partial charge in [0.1, 0.15) is 5.82 Å². The molecule has 1 heterocycles. The first-order chi connectivity index (χ1) is 11.7. The predicted octanol–water partition coefficient (Wildman–Crippen LogP) is 1.05. The summed E-state index contributed by atoms with van der Waals surface area (Å²) in [4.78, 5) is 20.0. The van der Waals surface area contributed by atoms with E-state index in [1.807, 2.05) is 17.9 Å². The molecule has 7 heteroatoms. The summed E-state index contributed by atoms with van der Waals surface area (Å²) in [5.41, 5.74) is 0.638. The quantitative estimate of drug-likeness (QED) is 0.624. The molecule has 1 fully saturated rings. The summed E-state index contributed by atoms with van der Waals surface area (Å²) >= 11 is 0. The lowest BCUT2D eigenvalue weighted by molar-refractivity contribution is -0.120. The minimum atomic E-state index is -0.193. The first-order valence-corrected chi connectivity index (χ1v) is 8.37. The van der Waals surface area contributed by atoms with Crippen molar-refractivity contribution in [1.29, 1.82) is 0 Å². The van der Waals surface area contributed by atoms with E-state index in [9.17, 15) is 9.18 Å². The highest BCUT2D eigenvalue weighted by molar-refractivity contribution is 5.86. The minimum Gasteiger partial charge on any atom is -0.366 e. The Kier molecular flexibility index (Phi) is 6.84. The van der Waals surface area contributed by atoms with Crippen LogP contribution < -0.4 is 15.5 Å². The number of guanidine groups is 1. The smallest absolute Gasteiger partial charge is 0.239 e. The van der Waals surface area contributed by atoms with Crippen LogP contribution in [-0.4, -0.2) is 63.1 Å². The third-order valence-electron chi connectivity index (χ3n) is 3.96. The summed E-state index contributed by atoms with van der Waals surface area (Å²) in [6.45, 7) is 5.78. The molecule has 0 aromatic heterocycles. The van der Waals surface area contributed by atoms with Crippen molar-refractivity contribution in [2.45, 2.75) is 13.3 Å². The number of aliphatic imine (C=N–C) groups is 1. The second kappa shape index (κ2) is 9.10. The van der Waals surface area contributed by atoms with Crippen LogP contribution in [0, 0.1) is 5.82 Å². The molecule has 1 aromatic rings. The van der Waals surface area contributed by atoms with Gasteiger partial charge in [0.2, 0.25) is 5.91 Å². The number of rotatable bonds is 5. The van der Waals surface area contributed by atoms with Crippen molar-refractivity contribution in [3.63, 3.8) is 0 Å². The number of nitrogens with zero attached hydrogens (tertiary/aromatic N) is 3. The second-order valence-corrected chi connectivity index (χ2v) is 5.68. The van der Waals surface area contributed by atoms with E-state index in [0.717, 1.165) is 19.5 Å². The van der Waals surface area contributed by atoms with Crippen LogP contribution in [0.1, 0.15) is 13.3 Å². The van der Waals surface area contributed by atoms with Gasteiger partial charge < -0.3 is 20.4 Å². The zero-order chi connectivity index (χ0) is 17.4. The molecule has 1 aliphatic heterocycles. The van der Waals surface area contributed by atoms with Gasteiger partial charge in [-0.1, -0.05) is 19.1 Å². The zero-order valence-corrected chi connectivity index (χ0v) is 14.4. The van der Waals surface area contributed by atoms with Crippen LogP contribution in [0.4, 0.5) is 10.1 Å². The molecule has 0 aliphatic carbocycles. The molecule has 0 spiro atoms. The lowest BCUT2D eigenvalue weighted by Crippen LogP contribution is -2.53. The number of nitrogens with one attached hydrogen (secondary N) is 2. The van der Waals surface area contributed by atoms with Crippen LogP contribution >= 0.6 is 0 Å². The van der Waals surface area contributed by atoms with E-state index in [4.69, 9.17) is 0 Å². The number of anilines is 1. The Morgan fingerprint density at radius 1 is 1.21 bits per heavy atom. The number of benzene rings is 1. The molecule has 2 rings (SSSR count). The number of piperazine rings is 1. The summed E-state index contributed by atoms with van der Waals surface area (Å²) in [5.74, 6) is 0.471. The average molecular weight is 335 g/mol. The van der Waals surface area contributed by atoms with Gasteiger partial charge in [0.15, 0.2) is 5.96 Å². The first-order valence-electron chi connectivity index (χ1n) is 8.37. The maximum Gasteiger partial charge on any atom is 0.239 e. The van der Waals surface area contributed by atoms with Crippen molar-refractivity contribution in [3.8, 4) is 0 Å². The highest BCUT2D eigenvalue weighted by atomic mass is 19.1. The fraction of sp³-hybridized carbons (Fsp3) is 0.529. The highest BCUT2D eigenvalue weighted by Crippen LogP contribution is 2.20. The molecule has 6 nitrogen and oxygen atoms in total. The Bertz CT molecular complexity index is 570. The summed E-state index contributed by atoms with van der Waals surface area (Å²) in [5, 5.41) is 5.91. The van der Waals surface area contributed by atoms with Gasteiger partial charge in [0.05, 0.1) is 12.2 Å². The number of hydrogen-bond donors (Lipinski definition) is 2. The molecule has 1 aliphatic rings. The van der Waals surface area contributed by atoms with Gasteiger partial charge in [-0.05, 0) is 18.6 Å². The van der Waals surface area contributed by atoms with Gasteiger partial charge in [-0.3, -0.25) is 9.79 Å². The fourth-order valence-electron chi connectivity index (χ4n) is 2.69. The van der Waals surface area contributed by atoms with Crippen molar-refractivity contribution in [3.05, 3.63) is 30.1 Å². The van der Waals surface area contributed by atoms with Gasteiger partial charge in [0, 0.05) is 39.8 Å². The van der Waals surface area contributed by atoms with Gasteiger partial charge >= 0.3 is 0 Å². The lowest BCUT2D eigenvalue weighted by atomic mass is 10.2. The lowest BCUT2D eigenvalue weighted by Gasteiger charge is -2.37. The molecule has 0 radical (unpaired) electrons. The van der Waals surface area contributed by atoms with Crippen molar-refractivity contribution >= 4 is 17.6 Å². The van der Waals surface area contributed by atoms with E-state index in [2.05, 4.69) is 20.5 Å². The molecule has 132 valence electrons. The van der Waals surface area contributed by atoms with Gasteiger partial charge in [0.25, 0.3) is 0 Å². The molecule has 0 bridgehead atoms. The molecule has 2 N–H and O–H groups in total. The predicted molar refractivity (Wildman–Crippen MR) is 94.8 cm³/mol. The summed E-state index contributed by atoms with van der Waals surface area (Å²) in [6.07, 6.45) is 0.915. The average Bonchev–Trinajstić information content (AvgIpc) is 2.61. The van der Waals surface area contributed by atoms with E-state index >= 15 is 0 Å². The van der Waals surface area contributed by atoms with Crippen LogP contribution in [0.25, 0.3) is 0 Å². The van der Waals surface area contributed by atoms with Crippen molar-refractivity contribution in [1.82, 2.24) is 15.5 Å². The second-order valence-electron chi connectivity index (χ2n) is 5.68. The van der Waals surface area contributed by atoms with Crippen LogP contribution in [0.3, 0.4) is 0 Å². The number of carbonyl (C=O) groups is 1. The fourth-order valence-corrected chi connectivity index (χ4v) is 2.69. The molecule has 24 heavy (non-hydrogen) atoms. The van der Waals surface area contributed by atoms with E-state index in [1.54, 1.807) is 19.2 Å². The number of halogens is 1. The molecule has 1 amide bonds. The van der Waals surface area contributed by atoms with Crippen LogP contribution in [0.5, 0.6) is 0 Å². The Balaban J connectivity index is 1.84. The summed E-state index contributed by atoms with van der Waals surface area (Å²) < 4.78 is 13.9. The van der Waals surface area contributed by atoms with E-state index in [-0.39, 0.29) is 18.3 Å². The van der Waals surface area contributed by atoms with Crippen molar-refractivity contribution < 1.29 is 9.18 Å². The monoisotopic (exact) mass is 335 g/mol. The number of amides is 1. The molecule has 0 atom stereocenters. The maximum atomic E-state index is 13.9. The highest BCUT2D eigenvalue weighted by Gasteiger charge is 2.21. The normalized spacial score (nSPS) is 15.4. The Hall–Kier alpha value is -2.31. The topological polar surface area (TPSA) is 60.0 Å². The number of carbonyl (C=O) groups excluding carboxylic acids is 1. The molecule has 0 saturated carbocycles. The van der Waals surface area contributed by atoms with Crippen LogP contribution in [0.15, 0.2) is 29.3 Å². The largest absolute Gasteiger partial charge is 0.366 e. The number of hydrogen-bond acceptors (Lipinski definition) is 3. The van der Waals surface area contributed by atoms with Crippen molar-refractivity contribution in [2.75, 3.05) is 51.2 Å². The van der Waals surface area contributed by atoms with E-state index < -0.39 is 0 Å². The molecular weight excluding hydrogens is 309 g/mol. The van der Waals surface area contributed by atoms with E-state index in [1.165, 1.54) is 6.07 Å². The standard InChI is InChI=1S/C17H26FN5O/c1-3-8-20-16(24)13-21-17(19-2)23-11-9-22(10-12-23)15-7-5-4-6-14(15)18/h4-7H,3,8-13H2,1-2H3,(H,19,21)(H,20,24). The van der Waals surface area contributed by atoms with Crippen LogP contribution in [-0.2, 0) is 4.79 Å². The Morgan fingerprint density at radius 2 is 1.92 bits per heavy atom. The summed E-state index contributed by atoms with van der Waals surface area (Å²) in [7, 11) is 1.70. The Morgan fingerprint density at radius 3 is 2.54 bits per heavy atom. The Labute approximate surface area is 142 Å². The van der Waals surface area contributed by atoms with Crippen molar-refractivity contribution in [2.24, 2.45) is 4.99 Å². The van der Waals surface area contributed by atoms with Gasteiger partial charge in [-0.2, -0.15) is 0 Å². The first kappa shape index (κ1) is 18.0. The SMILES string of the molecule is CCCNC(=O)CNC(=NC)N1CCN(c2ccccc2F)CC1.